The smallest absolute Gasteiger partial charge is 0.188 e. The van der Waals surface area contributed by atoms with E-state index < -0.39 is 0 Å². The second-order valence-corrected chi connectivity index (χ2v) is 4.30. The summed E-state index contributed by atoms with van der Waals surface area (Å²) in [5.41, 5.74) is 5.66. The summed E-state index contributed by atoms with van der Waals surface area (Å²) in [4.78, 5) is 4.21. The third-order valence-corrected chi connectivity index (χ3v) is 1.85. The second kappa shape index (κ2) is 11.4. The average molecular weight is 343 g/mol. The minimum Gasteiger partial charge on any atom is -0.377 e. The highest BCUT2D eigenvalue weighted by Crippen LogP contribution is 1.97. The summed E-state index contributed by atoms with van der Waals surface area (Å²) < 4.78 is 5.36. The number of rotatable bonds is 7. The molecule has 0 saturated carbocycles. The molecule has 0 aromatic carbocycles. The molecular weight excluding hydrogens is 317 g/mol. The van der Waals surface area contributed by atoms with Crippen molar-refractivity contribution in [3.63, 3.8) is 0 Å². The summed E-state index contributed by atoms with van der Waals surface area (Å²) in [6, 6.07) is 0. The number of nitrogens with zero attached hydrogens (tertiary/aromatic N) is 1. The van der Waals surface area contributed by atoms with Gasteiger partial charge in [0.15, 0.2) is 5.96 Å². The van der Waals surface area contributed by atoms with Gasteiger partial charge in [-0.1, -0.05) is 13.8 Å². The molecule has 0 aromatic heterocycles. The topological polar surface area (TPSA) is 59.6 Å². The van der Waals surface area contributed by atoms with E-state index in [2.05, 4.69) is 24.2 Å². The molecule has 0 amide bonds. The Morgan fingerprint density at radius 1 is 1.31 bits per heavy atom. The first-order valence-corrected chi connectivity index (χ1v) is 5.67. The fourth-order valence-corrected chi connectivity index (χ4v) is 0.973. The van der Waals surface area contributed by atoms with Crippen LogP contribution in [0.5, 0.6) is 0 Å². The van der Waals surface area contributed by atoms with Crippen LogP contribution in [0.4, 0.5) is 0 Å². The lowest BCUT2D eigenvalue weighted by Gasteiger charge is -2.09. The summed E-state index contributed by atoms with van der Waals surface area (Å²) in [6.07, 6.45) is 1.34. The van der Waals surface area contributed by atoms with Gasteiger partial charge in [-0.3, -0.25) is 4.99 Å². The van der Waals surface area contributed by atoms with E-state index in [4.69, 9.17) is 10.5 Å². The van der Waals surface area contributed by atoms with Gasteiger partial charge in [0.2, 0.25) is 0 Å². The maximum absolute atomic E-state index is 5.66. The summed E-state index contributed by atoms with van der Waals surface area (Å²) in [7, 11) is 0. The second-order valence-electron chi connectivity index (χ2n) is 4.30. The zero-order chi connectivity index (χ0) is 11.7. The first kappa shape index (κ1) is 18.3. The van der Waals surface area contributed by atoms with Gasteiger partial charge in [0.1, 0.15) is 0 Å². The molecule has 3 N–H and O–H groups in total. The number of hydrogen-bond donors (Lipinski definition) is 2. The van der Waals surface area contributed by atoms with Crippen LogP contribution in [0.2, 0.25) is 0 Å². The quantitative estimate of drug-likeness (QED) is 0.322. The molecule has 0 aliphatic heterocycles. The lowest BCUT2D eigenvalue weighted by molar-refractivity contribution is 0.0830. The van der Waals surface area contributed by atoms with Gasteiger partial charge in [0, 0.05) is 13.1 Å². The molecule has 0 aliphatic rings. The van der Waals surface area contributed by atoms with E-state index >= 15 is 0 Å². The number of halogens is 1. The van der Waals surface area contributed by atoms with Gasteiger partial charge in [0.05, 0.1) is 12.7 Å². The number of aliphatic imine (C=N–C) groups is 1. The van der Waals surface area contributed by atoms with Crippen LogP contribution in [-0.4, -0.2) is 31.8 Å². The Hall–Kier alpha value is -0.0400. The van der Waals surface area contributed by atoms with Crippen molar-refractivity contribution < 1.29 is 4.74 Å². The van der Waals surface area contributed by atoms with E-state index in [1.807, 2.05) is 13.8 Å². The van der Waals surface area contributed by atoms with E-state index in [0.717, 1.165) is 19.5 Å². The predicted molar refractivity (Wildman–Crippen MR) is 80.5 cm³/mol. The molecule has 98 valence electrons. The number of guanidine groups is 1. The molecule has 5 heteroatoms. The molecule has 0 rings (SSSR count). The number of nitrogens with two attached hydrogens (primary N) is 1. The SMILES string of the molecule is CC(C)CCN=C(N)NCCOC(C)C.I. The molecule has 0 fully saturated rings. The third-order valence-electron chi connectivity index (χ3n) is 1.85. The van der Waals surface area contributed by atoms with Crippen molar-refractivity contribution in [3.05, 3.63) is 0 Å². The van der Waals surface area contributed by atoms with E-state index in [0.29, 0.717) is 18.5 Å². The maximum atomic E-state index is 5.66. The Labute approximate surface area is 116 Å². The standard InChI is InChI=1S/C11H25N3O.HI/c1-9(2)5-6-13-11(12)14-7-8-15-10(3)4;/h9-10H,5-8H2,1-4H3,(H3,12,13,14);1H. The van der Waals surface area contributed by atoms with E-state index in [1.165, 1.54) is 0 Å². The van der Waals surface area contributed by atoms with Crippen LogP contribution in [0.25, 0.3) is 0 Å². The summed E-state index contributed by atoms with van der Waals surface area (Å²) in [5.74, 6) is 1.19. The van der Waals surface area contributed by atoms with Crippen LogP contribution < -0.4 is 11.1 Å². The molecule has 0 spiro atoms. The van der Waals surface area contributed by atoms with E-state index in [9.17, 15) is 0 Å². The Kier molecular flexibility index (Phi) is 13.1. The summed E-state index contributed by atoms with van der Waals surface area (Å²) >= 11 is 0. The van der Waals surface area contributed by atoms with Crippen molar-refractivity contribution in [2.45, 2.75) is 40.2 Å². The molecular formula is C11H26IN3O. The predicted octanol–water partition coefficient (Wildman–Crippen LogP) is 1.98. The first-order valence-electron chi connectivity index (χ1n) is 5.67. The Morgan fingerprint density at radius 2 is 1.94 bits per heavy atom. The van der Waals surface area contributed by atoms with Crippen LogP contribution in [0.3, 0.4) is 0 Å². The van der Waals surface area contributed by atoms with Crippen molar-refractivity contribution in [1.82, 2.24) is 5.32 Å². The Bertz CT molecular complexity index is 184. The highest BCUT2D eigenvalue weighted by atomic mass is 127. The molecule has 0 aromatic rings. The van der Waals surface area contributed by atoms with Crippen LogP contribution in [-0.2, 0) is 4.74 Å². The zero-order valence-electron chi connectivity index (χ0n) is 10.8. The Morgan fingerprint density at radius 3 is 2.44 bits per heavy atom. The highest BCUT2D eigenvalue weighted by Gasteiger charge is 1.95. The van der Waals surface area contributed by atoms with Crippen molar-refractivity contribution in [2.24, 2.45) is 16.6 Å². The van der Waals surface area contributed by atoms with Crippen molar-refractivity contribution in [3.8, 4) is 0 Å². The molecule has 0 saturated heterocycles. The van der Waals surface area contributed by atoms with Crippen LogP contribution in [0.1, 0.15) is 34.1 Å². The van der Waals surface area contributed by atoms with Crippen LogP contribution in [0.15, 0.2) is 4.99 Å². The first-order chi connectivity index (χ1) is 7.02. The molecule has 0 aliphatic carbocycles. The van der Waals surface area contributed by atoms with Crippen molar-refractivity contribution >= 4 is 29.9 Å². The monoisotopic (exact) mass is 343 g/mol. The van der Waals surface area contributed by atoms with Gasteiger partial charge in [-0.25, -0.2) is 0 Å². The van der Waals surface area contributed by atoms with Gasteiger partial charge in [-0.2, -0.15) is 0 Å². The van der Waals surface area contributed by atoms with Crippen LogP contribution in [0, 0.1) is 5.92 Å². The Balaban J connectivity index is 0. The fourth-order valence-electron chi connectivity index (χ4n) is 0.973. The minimum atomic E-state index is 0. The van der Waals surface area contributed by atoms with E-state index in [-0.39, 0.29) is 30.1 Å². The molecule has 0 radical (unpaired) electrons. The van der Waals surface area contributed by atoms with E-state index in [1.54, 1.807) is 0 Å². The van der Waals surface area contributed by atoms with Gasteiger partial charge in [-0.15, -0.1) is 24.0 Å². The average Bonchev–Trinajstić information content (AvgIpc) is 2.11. The van der Waals surface area contributed by atoms with Crippen LogP contribution >= 0.6 is 24.0 Å². The van der Waals surface area contributed by atoms with Crippen molar-refractivity contribution in [1.29, 1.82) is 0 Å². The number of hydrogen-bond acceptors (Lipinski definition) is 2. The molecule has 4 nitrogen and oxygen atoms in total. The zero-order valence-corrected chi connectivity index (χ0v) is 13.2. The third kappa shape index (κ3) is 14.0. The normalized spacial score (nSPS) is 11.8. The molecule has 0 bridgehead atoms. The highest BCUT2D eigenvalue weighted by molar-refractivity contribution is 14.0. The lowest BCUT2D eigenvalue weighted by Crippen LogP contribution is -2.34. The largest absolute Gasteiger partial charge is 0.377 e. The molecule has 0 heterocycles. The lowest BCUT2D eigenvalue weighted by atomic mass is 10.1. The van der Waals surface area contributed by atoms with Gasteiger partial charge >= 0.3 is 0 Å². The van der Waals surface area contributed by atoms with Gasteiger partial charge in [-0.05, 0) is 26.2 Å². The van der Waals surface area contributed by atoms with Gasteiger partial charge < -0.3 is 15.8 Å². The number of nitrogens with one attached hydrogen (secondary N) is 1. The summed E-state index contributed by atoms with van der Waals surface area (Å²) in [5, 5.41) is 3.01. The van der Waals surface area contributed by atoms with Crippen molar-refractivity contribution in [2.75, 3.05) is 19.7 Å². The molecule has 0 atom stereocenters. The molecule has 0 unspecified atom stereocenters. The summed E-state index contributed by atoms with van der Waals surface area (Å²) in [6.45, 7) is 10.6. The molecule has 16 heavy (non-hydrogen) atoms. The van der Waals surface area contributed by atoms with Gasteiger partial charge in [0.25, 0.3) is 0 Å². The fraction of sp³-hybridized carbons (Fsp3) is 0.909. The number of ether oxygens (including phenoxy) is 1. The minimum absolute atomic E-state index is 0. The maximum Gasteiger partial charge on any atom is 0.188 e.